The average molecular weight is 222 g/mol. The van der Waals surface area contributed by atoms with Crippen LogP contribution in [-0.2, 0) is 6.54 Å². The minimum atomic E-state index is 0.826. The monoisotopic (exact) mass is 222 g/mol. The number of thiazole rings is 1. The lowest BCUT2D eigenvalue weighted by Crippen LogP contribution is -2.11. The number of nitrogens with one attached hydrogen (secondary N) is 1. The van der Waals surface area contributed by atoms with Crippen LogP contribution in [0.3, 0.4) is 0 Å². The second kappa shape index (κ2) is 4.59. The smallest absolute Gasteiger partial charge is 0.165 e. The highest BCUT2D eigenvalue weighted by atomic mass is 32.1. The molecule has 0 atom stereocenters. The molecule has 0 aliphatic rings. The molecule has 0 spiro atoms. The summed E-state index contributed by atoms with van der Waals surface area (Å²) >= 11 is 1.63. The molecular weight excluding hydrogens is 208 g/mol. The molecule has 15 heavy (non-hydrogen) atoms. The van der Waals surface area contributed by atoms with E-state index in [1.807, 2.05) is 13.0 Å². The quantitative estimate of drug-likeness (QED) is 0.864. The van der Waals surface area contributed by atoms with Crippen molar-refractivity contribution >= 4 is 11.3 Å². The summed E-state index contributed by atoms with van der Waals surface area (Å²) in [5.74, 6) is 0.891. The summed E-state index contributed by atoms with van der Waals surface area (Å²) in [7, 11) is 0. The molecule has 0 amide bonds. The van der Waals surface area contributed by atoms with E-state index in [0.717, 1.165) is 35.1 Å². The molecule has 1 N–H and O–H groups in total. The van der Waals surface area contributed by atoms with Gasteiger partial charge >= 0.3 is 0 Å². The molecule has 0 fully saturated rings. The molecule has 2 aromatic heterocycles. The predicted molar refractivity (Wildman–Crippen MR) is 61.9 cm³/mol. The highest BCUT2D eigenvalue weighted by molar-refractivity contribution is 7.13. The van der Waals surface area contributed by atoms with Crippen molar-refractivity contribution in [1.82, 2.24) is 10.3 Å². The van der Waals surface area contributed by atoms with E-state index in [0.29, 0.717) is 0 Å². The minimum Gasteiger partial charge on any atom is -0.462 e. The van der Waals surface area contributed by atoms with Crippen molar-refractivity contribution in [3.63, 3.8) is 0 Å². The largest absolute Gasteiger partial charge is 0.462 e. The molecule has 0 unspecified atom stereocenters. The van der Waals surface area contributed by atoms with E-state index >= 15 is 0 Å². The lowest BCUT2D eigenvalue weighted by Gasteiger charge is -1.95. The maximum absolute atomic E-state index is 5.40. The van der Waals surface area contributed by atoms with Gasteiger partial charge in [-0.15, -0.1) is 11.3 Å². The van der Waals surface area contributed by atoms with Gasteiger partial charge in [0, 0.05) is 11.9 Å². The molecule has 2 rings (SSSR count). The van der Waals surface area contributed by atoms with E-state index in [4.69, 9.17) is 4.42 Å². The number of aryl methyl sites for hydroxylation is 1. The van der Waals surface area contributed by atoms with Gasteiger partial charge in [0.25, 0.3) is 0 Å². The Bertz CT molecular complexity index is 433. The molecule has 0 aliphatic heterocycles. The van der Waals surface area contributed by atoms with Crippen molar-refractivity contribution in [2.75, 3.05) is 6.54 Å². The third-order valence-corrected chi connectivity index (χ3v) is 3.05. The van der Waals surface area contributed by atoms with E-state index in [9.17, 15) is 0 Å². The number of hydrogen-bond acceptors (Lipinski definition) is 4. The summed E-state index contributed by atoms with van der Waals surface area (Å²) in [6.45, 7) is 5.91. The molecule has 2 aromatic rings. The molecule has 2 heterocycles. The van der Waals surface area contributed by atoms with Crippen LogP contribution in [0, 0.1) is 6.92 Å². The average Bonchev–Trinajstić information content (AvgIpc) is 2.83. The zero-order chi connectivity index (χ0) is 10.7. The van der Waals surface area contributed by atoms with Gasteiger partial charge in [0.15, 0.2) is 10.8 Å². The second-order valence-electron chi connectivity index (χ2n) is 3.36. The van der Waals surface area contributed by atoms with E-state index in [1.165, 1.54) is 0 Å². The van der Waals surface area contributed by atoms with Gasteiger partial charge in [-0.05, 0) is 25.1 Å². The minimum absolute atomic E-state index is 0.826. The Morgan fingerprint density at radius 3 is 3.07 bits per heavy atom. The number of nitrogens with zero attached hydrogens (tertiary/aromatic N) is 1. The van der Waals surface area contributed by atoms with Crippen molar-refractivity contribution in [3.8, 4) is 10.8 Å². The Kier molecular flexibility index (Phi) is 3.18. The SMILES string of the molecule is CCNCc1csc(-c2occc2C)n1. The summed E-state index contributed by atoms with van der Waals surface area (Å²) < 4.78 is 5.40. The van der Waals surface area contributed by atoms with Gasteiger partial charge < -0.3 is 9.73 Å². The van der Waals surface area contributed by atoms with E-state index in [2.05, 4.69) is 22.6 Å². The van der Waals surface area contributed by atoms with Gasteiger partial charge in [0.1, 0.15) is 0 Å². The first-order valence-electron chi connectivity index (χ1n) is 5.01. The highest BCUT2D eigenvalue weighted by Gasteiger charge is 2.09. The fraction of sp³-hybridized carbons (Fsp3) is 0.364. The number of furan rings is 1. The maximum Gasteiger partial charge on any atom is 0.165 e. The summed E-state index contributed by atoms with van der Waals surface area (Å²) in [4.78, 5) is 4.51. The van der Waals surface area contributed by atoms with E-state index in [1.54, 1.807) is 17.6 Å². The van der Waals surface area contributed by atoms with Gasteiger partial charge in [-0.25, -0.2) is 4.98 Å². The third kappa shape index (κ3) is 2.27. The van der Waals surface area contributed by atoms with Crippen LogP contribution in [0.5, 0.6) is 0 Å². The Morgan fingerprint density at radius 1 is 1.53 bits per heavy atom. The van der Waals surface area contributed by atoms with Crippen molar-refractivity contribution in [3.05, 3.63) is 29.0 Å². The molecule has 0 bridgehead atoms. The van der Waals surface area contributed by atoms with E-state index < -0.39 is 0 Å². The maximum atomic E-state index is 5.40. The zero-order valence-electron chi connectivity index (χ0n) is 8.91. The summed E-state index contributed by atoms with van der Waals surface area (Å²) in [5.41, 5.74) is 2.21. The molecule has 0 radical (unpaired) electrons. The van der Waals surface area contributed by atoms with Crippen LogP contribution in [0.1, 0.15) is 18.2 Å². The van der Waals surface area contributed by atoms with E-state index in [-0.39, 0.29) is 0 Å². The van der Waals surface area contributed by atoms with Crippen LogP contribution < -0.4 is 5.32 Å². The lowest BCUT2D eigenvalue weighted by atomic mass is 10.3. The molecule has 0 aromatic carbocycles. The molecule has 3 nitrogen and oxygen atoms in total. The highest BCUT2D eigenvalue weighted by Crippen LogP contribution is 2.27. The Labute approximate surface area is 93.2 Å². The number of hydrogen-bond donors (Lipinski definition) is 1. The second-order valence-corrected chi connectivity index (χ2v) is 4.22. The predicted octanol–water partition coefficient (Wildman–Crippen LogP) is 2.82. The third-order valence-electron chi connectivity index (χ3n) is 2.16. The molecule has 80 valence electrons. The van der Waals surface area contributed by atoms with Crippen LogP contribution in [0.15, 0.2) is 22.1 Å². The van der Waals surface area contributed by atoms with Gasteiger partial charge in [0.05, 0.1) is 12.0 Å². The number of rotatable bonds is 4. The normalized spacial score (nSPS) is 10.8. The van der Waals surface area contributed by atoms with Crippen LogP contribution >= 0.6 is 11.3 Å². The summed E-state index contributed by atoms with van der Waals surface area (Å²) in [5, 5.41) is 6.28. The topological polar surface area (TPSA) is 38.1 Å². The van der Waals surface area contributed by atoms with Crippen LogP contribution in [0.4, 0.5) is 0 Å². The molecule has 4 heteroatoms. The first-order chi connectivity index (χ1) is 7.31. The molecular formula is C11H14N2OS. The van der Waals surface area contributed by atoms with Gasteiger partial charge in [-0.2, -0.15) is 0 Å². The van der Waals surface area contributed by atoms with Crippen molar-refractivity contribution in [2.45, 2.75) is 20.4 Å². The Balaban J connectivity index is 2.17. The molecule has 0 saturated heterocycles. The van der Waals surface area contributed by atoms with Gasteiger partial charge in [-0.1, -0.05) is 6.92 Å². The Morgan fingerprint density at radius 2 is 2.40 bits per heavy atom. The van der Waals surface area contributed by atoms with Gasteiger partial charge in [0.2, 0.25) is 0 Å². The van der Waals surface area contributed by atoms with Crippen molar-refractivity contribution in [1.29, 1.82) is 0 Å². The van der Waals surface area contributed by atoms with Crippen LogP contribution in [-0.4, -0.2) is 11.5 Å². The fourth-order valence-electron chi connectivity index (χ4n) is 1.34. The fourth-order valence-corrected chi connectivity index (χ4v) is 2.21. The Hall–Kier alpha value is -1.13. The first-order valence-corrected chi connectivity index (χ1v) is 5.88. The lowest BCUT2D eigenvalue weighted by molar-refractivity contribution is 0.580. The van der Waals surface area contributed by atoms with Crippen LogP contribution in [0.2, 0.25) is 0 Å². The van der Waals surface area contributed by atoms with Gasteiger partial charge in [-0.3, -0.25) is 0 Å². The molecule has 0 aliphatic carbocycles. The van der Waals surface area contributed by atoms with Crippen molar-refractivity contribution < 1.29 is 4.42 Å². The van der Waals surface area contributed by atoms with Crippen molar-refractivity contribution in [2.24, 2.45) is 0 Å². The summed E-state index contributed by atoms with van der Waals surface area (Å²) in [6, 6.07) is 1.96. The number of aromatic nitrogens is 1. The first kappa shape index (κ1) is 10.4. The zero-order valence-corrected chi connectivity index (χ0v) is 9.73. The van der Waals surface area contributed by atoms with Crippen LogP contribution in [0.25, 0.3) is 10.8 Å². The molecule has 0 saturated carbocycles. The summed E-state index contributed by atoms with van der Waals surface area (Å²) in [6.07, 6.45) is 1.70. The standard InChI is InChI=1S/C11H14N2OS/c1-3-12-6-9-7-15-11(13-9)10-8(2)4-5-14-10/h4-5,7,12H,3,6H2,1-2H3.